The molecule has 1 fully saturated rings. The minimum Gasteiger partial charge on any atom is -0.494 e. The molecule has 1 aliphatic heterocycles. The number of carbonyl (C=O) groups is 2. The van der Waals surface area contributed by atoms with Crippen LogP contribution in [0.1, 0.15) is 53.3 Å². The van der Waals surface area contributed by atoms with Gasteiger partial charge in [-0.15, -0.1) is 0 Å². The molecular formula is C21H27N3O4. The Morgan fingerprint density at radius 3 is 2.64 bits per heavy atom. The van der Waals surface area contributed by atoms with Gasteiger partial charge in [0, 0.05) is 19.5 Å². The zero-order valence-corrected chi connectivity index (χ0v) is 16.4. The molecule has 1 aromatic heterocycles. The van der Waals surface area contributed by atoms with Crippen LogP contribution in [0.2, 0.25) is 0 Å². The Balaban J connectivity index is 1.42. The van der Waals surface area contributed by atoms with Crippen molar-refractivity contribution in [3.05, 3.63) is 47.3 Å². The fourth-order valence-corrected chi connectivity index (χ4v) is 3.64. The molecular weight excluding hydrogens is 358 g/mol. The number of rotatable bonds is 7. The fourth-order valence-electron chi connectivity index (χ4n) is 3.64. The maximum absolute atomic E-state index is 12.4. The van der Waals surface area contributed by atoms with Gasteiger partial charge in [-0.2, -0.15) is 5.10 Å². The molecule has 0 bridgehead atoms. The van der Waals surface area contributed by atoms with Crippen molar-refractivity contribution in [2.75, 3.05) is 19.7 Å². The van der Waals surface area contributed by atoms with E-state index in [0.29, 0.717) is 38.2 Å². The van der Waals surface area contributed by atoms with Crippen LogP contribution < -0.4 is 4.74 Å². The van der Waals surface area contributed by atoms with E-state index in [0.717, 1.165) is 24.2 Å². The van der Waals surface area contributed by atoms with Crippen molar-refractivity contribution >= 4 is 11.9 Å². The minimum absolute atomic E-state index is 0.141. The van der Waals surface area contributed by atoms with Crippen molar-refractivity contribution in [2.24, 2.45) is 0 Å². The standard InChI is InChI=1S/C21H27N3O4/c1-15-5-3-6-18(13-15)28-12-4-7-20(25)23-10-8-17(9-11-23)24-16(2)19(14-22-24)21(26)27/h3,5-6,13-14,17H,4,7-12H2,1-2H3,(H,26,27). The second-order valence-corrected chi connectivity index (χ2v) is 7.27. The quantitative estimate of drug-likeness (QED) is 0.740. The van der Waals surface area contributed by atoms with Crippen molar-refractivity contribution in [1.82, 2.24) is 14.7 Å². The third kappa shape index (κ3) is 4.71. The van der Waals surface area contributed by atoms with Crippen molar-refractivity contribution in [3.63, 3.8) is 0 Å². The van der Waals surface area contributed by atoms with Gasteiger partial charge in [0.15, 0.2) is 0 Å². The number of carbonyl (C=O) groups excluding carboxylic acids is 1. The predicted octanol–water partition coefficient (Wildman–Crippen LogP) is 3.22. The summed E-state index contributed by atoms with van der Waals surface area (Å²) in [5, 5.41) is 13.4. The highest BCUT2D eigenvalue weighted by Gasteiger charge is 2.26. The average molecular weight is 385 g/mol. The van der Waals surface area contributed by atoms with Gasteiger partial charge in [-0.25, -0.2) is 4.79 Å². The van der Waals surface area contributed by atoms with Crippen molar-refractivity contribution in [2.45, 2.75) is 45.6 Å². The number of carboxylic acids is 1. The molecule has 0 aliphatic carbocycles. The summed E-state index contributed by atoms with van der Waals surface area (Å²) in [6.45, 7) is 5.67. The number of hydrogen-bond acceptors (Lipinski definition) is 4. The van der Waals surface area contributed by atoms with E-state index in [4.69, 9.17) is 9.84 Å². The maximum Gasteiger partial charge on any atom is 0.339 e. The van der Waals surface area contributed by atoms with Crippen molar-refractivity contribution in [1.29, 1.82) is 0 Å². The van der Waals surface area contributed by atoms with Crippen LogP contribution >= 0.6 is 0 Å². The van der Waals surface area contributed by atoms with Crippen LogP contribution in [0.3, 0.4) is 0 Å². The Morgan fingerprint density at radius 1 is 1.25 bits per heavy atom. The number of aryl methyl sites for hydroxylation is 1. The number of aromatic carboxylic acids is 1. The highest BCUT2D eigenvalue weighted by Crippen LogP contribution is 2.25. The molecule has 2 aromatic rings. The van der Waals surface area contributed by atoms with E-state index in [1.165, 1.54) is 6.20 Å². The van der Waals surface area contributed by atoms with Crippen molar-refractivity contribution < 1.29 is 19.4 Å². The number of amides is 1. The molecule has 28 heavy (non-hydrogen) atoms. The first kappa shape index (κ1) is 19.9. The average Bonchev–Trinajstić information content (AvgIpc) is 3.07. The van der Waals surface area contributed by atoms with Gasteiger partial charge in [0.25, 0.3) is 0 Å². The van der Waals surface area contributed by atoms with E-state index < -0.39 is 5.97 Å². The number of ether oxygens (including phenoxy) is 1. The van der Waals surface area contributed by atoms with Gasteiger partial charge in [-0.05, 0) is 50.8 Å². The highest BCUT2D eigenvalue weighted by molar-refractivity contribution is 5.88. The molecule has 7 heteroatoms. The maximum atomic E-state index is 12.4. The lowest BCUT2D eigenvalue weighted by Gasteiger charge is -2.32. The van der Waals surface area contributed by atoms with E-state index in [9.17, 15) is 9.59 Å². The van der Waals surface area contributed by atoms with Gasteiger partial charge >= 0.3 is 5.97 Å². The summed E-state index contributed by atoms with van der Waals surface area (Å²) in [6, 6.07) is 8.03. The Labute approximate surface area is 164 Å². The highest BCUT2D eigenvalue weighted by atomic mass is 16.5. The number of carboxylic acid groups (broad SMARTS) is 1. The molecule has 1 aromatic carbocycles. The summed E-state index contributed by atoms with van der Waals surface area (Å²) in [7, 11) is 0. The van der Waals surface area contributed by atoms with Gasteiger partial charge < -0.3 is 14.7 Å². The van der Waals surface area contributed by atoms with Crippen LogP contribution in [0.15, 0.2) is 30.5 Å². The lowest BCUT2D eigenvalue weighted by Crippen LogP contribution is -2.39. The number of likely N-dealkylation sites (tertiary alicyclic amines) is 1. The summed E-state index contributed by atoms with van der Waals surface area (Å²) in [5.41, 5.74) is 2.07. The Bertz CT molecular complexity index is 838. The summed E-state index contributed by atoms with van der Waals surface area (Å²) < 4.78 is 7.50. The summed E-state index contributed by atoms with van der Waals surface area (Å²) in [4.78, 5) is 25.5. The summed E-state index contributed by atoms with van der Waals surface area (Å²) >= 11 is 0. The summed E-state index contributed by atoms with van der Waals surface area (Å²) in [6.07, 6.45) is 4.14. The first-order chi connectivity index (χ1) is 13.5. The molecule has 0 spiro atoms. The molecule has 0 unspecified atom stereocenters. The smallest absolute Gasteiger partial charge is 0.339 e. The van der Waals surface area contributed by atoms with Crippen LogP contribution in [-0.4, -0.2) is 51.4 Å². The van der Waals surface area contributed by atoms with E-state index in [1.807, 2.05) is 36.1 Å². The third-order valence-corrected chi connectivity index (χ3v) is 5.23. The topological polar surface area (TPSA) is 84.7 Å². The second-order valence-electron chi connectivity index (χ2n) is 7.27. The number of aromatic nitrogens is 2. The minimum atomic E-state index is -0.954. The van der Waals surface area contributed by atoms with E-state index in [-0.39, 0.29) is 17.5 Å². The molecule has 3 rings (SSSR count). The molecule has 1 aliphatic rings. The van der Waals surface area contributed by atoms with Gasteiger partial charge in [0.05, 0.1) is 24.5 Å². The number of benzene rings is 1. The molecule has 2 heterocycles. The number of hydrogen-bond donors (Lipinski definition) is 1. The predicted molar refractivity (Wildman–Crippen MR) is 105 cm³/mol. The molecule has 1 saturated heterocycles. The normalized spacial score (nSPS) is 14.9. The van der Waals surface area contributed by atoms with Gasteiger partial charge in [0.2, 0.25) is 5.91 Å². The van der Waals surface area contributed by atoms with E-state index >= 15 is 0 Å². The fraction of sp³-hybridized carbons (Fsp3) is 0.476. The second kappa shape index (κ2) is 8.91. The number of piperidine rings is 1. The molecule has 0 saturated carbocycles. The molecule has 7 nitrogen and oxygen atoms in total. The van der Waals surface area contributed by atoms with Crippen LogP contribution in [0, 0.1) is 13.8 Å². The molecule has 0 atom stereocenters. The molecule has 0 radical (unpaired) electrons. The molecule has 1 amide bonds. The van der Waals surface area contributed by atoms with Crippen LogP contribution in [0.5, 0.6) is 5.75 Å². The Morgan fingerprint density at radius 2 is 2.00 bits per heavy atom. The van der Waals surface area contributed by atoms with Crippen LogP contribution in [-0.2, 0) is 4.79 Å². The van der Waals surface area contributed by atoms with Crippen LogP contribution in [0.25, 0.3) is 0 Å². The van der Waals surface area contributed by atoms with Gasteiger partial charge in [-0.1, -0.05) is 12.1 Å². The van der Waals surface area contributed by atoms with Gasteiger partial charge in [-0.3, -0.25) is 9.48 Å². The summed E-state index contributed by atoms with van der Waals surface area (Å²) in [5.74, 6) is 0.0301. The van der Waals surface area contributed by atoms with E-state index in [2.05, 4.69) is 5.10 Å². The lowest BCUT2D eigenvalue weighted by atomic mass is 10.0. The monoisotopic (exact) mass is 385 g/mol. The molecule has 150 valence electrons. The third-order valence-electron chi connectivity index (χ3n) is 5.23. The van der Waals surface area contributed by atoms with Gasteiger partial charge in [0.1, 0.15) is 11.3 Å². The Kier molecular flexibility index (Phi) is 6.34. The SMILES string of the molecule is Cc1cccc(OCCCC(=O)N2CCC(n3ncc(C(=O)O)c3C)CC2)c1. The first-order valence-electron chi connectivity index (χ1n) is 9.70. The lowest BCUT2D eigenvalue weighted by molar-refractivity contribution is -0.132. The number of nitrogens with zero attached hydrogens (tertiary/aromatic N) is 3. The Hall–Kier alpha value is -2.83. The van der Waals surface area contributed by atoms with Crippen molar-refractivity contribution in [3.8, 4) is 5.75 Å². The van der Waals surface area contributed by atoms with E-state index in [1.54, 1.807) is 11.6 Å². The molecule has 1 N–H and O–H groups in total. The van der Waals surface area contributed by atoms with Crippen LogP contribution in [0.4, 0.5) is 0 Å². The largest absolute Gasteiger partial charge is 0.494 e. The zero-order valence-electron chi connectivity index (χ0n) is 16.4. The first-order valence-corrected chi connectivity index (χ1v) is 9.70. The zero-order chi connectivity index (χ0) is 20.1.